The Morgan fingerprint density at radius 3 is 2.27 bits per heavy atom. The molecule has 26 heavy (non-hydrogen) atoms. The monoisotopic (exact) mass is 383 g/mol. The lowest BCUT2D eigenvalue weighted by Gasteiger charge is -2.28. The molecule has 0 saturated carbocycles. The summed E-state index contributed by atoms with van der Waals surface area (Å²) in [6.45, 7) is 0.837. The van der Waals surface area contributed by atoms with Crippen molar-refractivity contribution in [3.63, 3.8) is 0 Å². The summed E-state index contributed by atoms with van der Waals surface area (Å²) in [5, 5.41) is 0. The predicted octanol–water partition coefficient (Wildman–Crippen LogP) is 2.96. The van der Waals surface area contributed by atoms with Gasteiger partial charge in [-0.1, -0.05) is 24.3 Å². The van der Waals surface area contributed by atoms with E-state index in [1.165, 1.54) is 11.0 Å². The molecule has 1 unspecified atom stereocenters. The van der Waals surface area contributed by atoms with E-state index >= 15 is 0 Å². The van der Waals surface area contributed by atoms with Gasteiger partial charge in [0.05, 0.1) is 6.54 Å². The topological polar surface area (TPSA) is 62.6 Å². The molecule has 1 atom stereocenters. The minimum absolute atomic E-state index is 0.123. The molecule has 9 heteroatoms. The Morgan fingerprint density at radius 1 is 1.08 bits per heavy atom. The van der Waals surface area contributed by atoms with Crippen molar-refractivity contribution < 1.29 is 21.6 Å². The highest BCUT2D eigenvalue weighted by atomic mass is 32.2. The van der Waals surface area contributed by atoms with Crippen LogP contribution in [0.15, 0.2) is 53.5 Å². The van der Waals surface area contributed by atoms with Gasteiger partial charge in [0.1, 0.15) is 5.69 Å². The zero-order valence-corrected chi connectivity index (χ0v) is 14.8. The van der Waals surface area contributed by atoms with Gasteiger partial charge in [0.15, 0.2) is 15.7 Å². The maximum absolute atomic E-state index is 13.8. The van der Waals surface area contributed by atoms with E-state index < -0.39 is 27.4 Å². The van der Waals surface area contributed by atoms with Gasteiger partial charge in [-0.2, -0.15) is 13.2 Å². The Morgan fingerprint density at radius 2 is 1.73 bits per heavy atom. The summed E-state index contributed by atoms with van der Waals surface area (Å²) in [4.78, 5) is 5.93. The third kappa shape index (κ3) is 2.96. The van der Waals surface area contributed by atoms with E-state index in [1.54, 1.807) is 49.4 Å². The number of sulfone groups is 1. The second-order valence-electron chi connectivity index (χ2n) is 6.08. The minimum Gasteiger partial charge on any atom is -0.321 e. The van der Waals surface area contributed by atoms with Gasteiger partial charge in [0.25, 0.3) is 4.87 Å². The number of benzene rings is 1. The van der Waals surface area contributed by atoms with Gasteiger partial charge in [-0.05, 0) is 31.2 Å². The molecule has 0 aliphatic carbocycles. The first kappa shape index (κ1) is 18.4. The van der Waals surface area contributed by atoms with Crippen molar-refractivity contribution in [3.05, 3.63) is 59.9 Å². The number of hydrogen-bond acceptors (Lipinski definition) is 5. The lowest BCUT2D eigenvalue weighted by Crippen LogP contribution is -2.53. The van der Waals surface area contributed by atoms with Crippen molar-refractivity contribution in [1.29, 1.82) is 0 Å². The van der Waals surface area contributed by atoms with E-state index in [1.807, 2.05) is 0 Å². The third-order valence-corrected chi connectivity index (χ3v) is 5.83. The molecule has 0 fully saturated rings. The van der Waals surface area contributed by atoms with Gasteiger partial charge in [0, 0.05) is 17.6 Å². The van der Waals surface area contributed by atoms with Crippen LogP contribution in [-0.4, -0.2) is 43.1 Å². The van der Waals surface area contributed by atoms with Crippen LogP contribution >= 0.6 is 0 Å². The average molecular weight is 383 g/mol. The number of pyridine rings is 1. The second kappa shape index (κ2) is 6.08. The normalized spacial score (nSPS) is 21.0. The van der Waals surface area contributed by atoms with Crippen LogP contribution in [0.25, 0.3) is 0 Å². The summed E-state index contributed by atoms with van der Waals surface area (Å²) < 4.78 is 65.8. The number of rotatable bonds is 3. The lowest BCUT2D eigenvalue weighted by atomic mass is 10.2. The summed E-state index contributed by atoms with van der Waals surface area (Å²) in [5.74, 6) is -0.123. The summed E-state index contributed by atoms with van der Waals surface area (Å²) in [5.41, 5.74) is 1.18. The van der Waals surface area contributed by atoms with Crippen LogP contribution in [0.5, 0.6) is 0 Å². The molecule has 138 valence electrons. The number of aryl methyl sites for hydroxylation is 1. The number of anilines is 1. The number of aromatic nitrogens is 1. The SMILES string of the molecule is Cc1cccc(C2=NC(C(F)(F)F)(S(C)(=O)=O)CN2c2ccccc2)n1. The lowest BCUT2D eigenvalue weighted by molar-refractivity contribution is -0.155. The molecule has 2 aromatic rings. The molecule has 0 bridgehead atoms. The van der Waals surface area contributed by atoms with E-state index in [0.29, 0.717) is 17.6 Å². The van der Waals surface area contributed by atoms with Crippen molar-refractivity contribution in [3.8, 4) is 0 Å². The average Bonchev–Trinajstić information content (AvgIpc) is 2.97. The van der Waals surface area contributed by atoms with Crippen LogP contribution in [0, 0.1) is 6.92 Å². The van der Waals surface area contributed by atoms with Crippen molar-refractivity contribution >= 4 is 21.4 Å². The summed E-state index contributed by atoms with van der Waals surface area (Å²) >= 11 is 0. The highest BCUT2D eigenvalue weighted by molar-refractivity contribution is 7.92. The van der Waals surface area contributed by atoms with E-state index in [9.17, 15) is 21.6 Å². The predicted molar refractivity (Wildman–Crippen MR) is 92.9 cm³/mol. The van der Waals surface area contributed by atoms with Gasteiger partial charge in [-0.25, -0.2) is 18.4 Å². The Balaban J connectivity index is 2.26. The fourth-order valence-electron chi connectivity index (χ4n) is 2.80. The molecule has 0 radical (unpaired) electrons. The minimum atomic E-state index is -5.07. The molecular formula is C17H16F3N3O2S. The zero-order valence-electron chi connectivity index (χ0n) is 14.0. The summed E-state index contributed by atoms with van der Waals surface area (Å²) in [6.07, 6.45) is -4.51. The fraction of sp³-hybridized carbons (Fsp3) is 0.294. The van der Waals surface area contributed by atoms with Gasteiger partial charge in [-0.3, -0.25) is 0 Å². The van der Waals surface area contributed by atoms with E-state index in [-0.39, 0.29) is 11.5 Å². The number of hydrogen-bond donors (Lipinski definition) is 0. The molecule has 0 amide bonds. The number of para-hydroxylation sites is 1. The molecule has 1 aliphatic heterocycles. The smallest absolute Gasteiger partial charge is 0.321 e. The van der Waals surface area contributed by atoms with Crippen LogP contribution in [0.2, 0.25) is 0 Å². The highest BCUT2D eigenvalue weighted by Crippen LogP contribution is 2.43. The Hall–Kier alpha value is -2.42. The molecule has 0 N–H and O–H groups in total. The van der Waals surface area contributed by atoms with Crippen molar-refractivity contribution in [2.75, 3.05) is 17.7 Å². The molecule has 1 aromatic heterocycles. The molecule has 1 aliphatic rings. The second-order valence-corrected chi connectivity index (χ2v) is 8.30. The van der Waals surface area contributed by atoms with Gasteiger partial charge < -0.3 is 4.90 Å². The number of halogens is 3. The molecule has 3 rings (SSSR count). The van der Waals surface area contributed by atoms with Crippen molar-refractivity contribution in [2.24, 2.45) is 4.99 Å². The van der Waals surface area contributed by atoms with Crippen LogP contribution in [0.4, 0.5) is 18.9 Å². The van der Waals surface area contributed by atoms with Gasteiger partial charge in [0.2, 0.25) is 0 Å². The summed E-state index contributed by atoms with van der Waals surface area (Å²) in [6, 6.07) is 13.1. The maximum atomic E-state index is 13.8. The molecule has 2 heterocycles. The maximum Gasteiger partial charge on any atom is 0.429 e. The van der Waals surface area contributed by atoms with Crippen LogP contribution < -0.4 is 4.90 Å². The number of amidine groups is 1. The van der Waals surface area contributed by atoms with Gasteiger partial charge in [-0.15, -0.1) is 0 Å². The molecule has 0 saturated heterocycles. The Kier molecular flexibility index (Phi) is 4.30. The number of alkyl halides is 3. The Labute approximate surface area is 149 Å². The summed E-state index contributed by atoms with van der Waals surface area (Å²) in [7, 11) is -4.60. The van der Waals surface area contributed by atoms with E-state index in [0.717, 1.165) is 0 Å². The molecule has 0 spiro atoms. The largest absolute Gasteiger partial charge is 0.429 e. The first-order valence-electron chi connectivity index (χ1n) is 7.68. The van der Waals surface area contributed by atoms with Crippen molar-refractivity contribution in [1.82, 2.24) is 4.98 Å². The standard InChI is InChI=1S/C17H16F3N3O2S/c1-12-7-6-10-14(21-12)15-22-16(17(18,19)20,26(2,24)25)11-23(15)13-8-4-3-5-9-13/h3-10H,11H2,1-2H3. The quantitative estimate of drug-likeness (QED) is 0.818. The van der Waals surface area contributed by atoms with E-state index in [4.69, 9.17) is 0 Å². The molecule has 5 nitrogen and oxygen atoms in total. The Bertz CT molecular complexity index is 959. The molecular weight excluding hydrogens is 367 g/mol. The third-order valence-electron chi connectivity index (χ3n) is 4.16. The number of aliphatic imine (C=N–C) groups is 1. The highest BCUT2D eigenvalue weighted by Gasteiger charge is 2.66. The van der Waals surface area contributed by atoms with Crippen LogP contribution in [0.3, 0.4) is 0 Å². The fourth-order valence-corrected chi connectivity index (χ4v) is 3.84. The van der Waals surface area contributed by atoms with Crippen molar-refractivity contribution in [2.45, 2.75) is 18.0 Å². The number of nitrogens with zero attached hydrogens (tertiary/aromatic N) is 3. The molecule has 1 aromatic carbocycles. The first-order chi connectivity index (χ1) is 12.1. The van der Waals surface area contributed by atoms with Crippen LogP contribution in [0.1, 0.15) is 11.4 Å². The van der Waals surface area contributed by atoms with E-state index in [2.05, 4.69) is 9.98 Å². The first-order valence-corrected chi connectivity index (χ1v) is 9.57. The van der Waals surface area contributed by atoms with Gasteiger partial charge >= 0.3 is 6.18 Å². The zero-order chi connectivity index (χ0) is 19.2. The van der Waals surface area contributed by atoms with Crippen LogP contribution in [-0.2, 0) is 9.84 Å².